The molecule has 0 saturated carbocycles. The molecule has 0 saturated heterocycles. The van der Waals surface area contributed by atoms with Crippen LogP contribution in [0.1, 0.15) is 17.2 Å². The molecule has 1 atom stereocenters. The summed E-state index contributed by atoms with van der Waals surface area (Å²) >= 11 is 1.58. The van der Waals surface area contributed by atoms with Crippen molar-refractivity contribution in [2.75, 3.05) is 5.75 Å². The van der Waals surface area contributed by atoms with E-state index in [2.05, 4.69) is 29.0 Å². The Kier molecular flexibility index (Phi) is 4.12. The third-order valence-electron chi connectivity index (χ3n) is 2.52. The van der Waals surface area contributed by atoms with Gasteiger partial charge in [0.25, 0.3) is 0 Å². The molecule has 0 bridgehead atoms. The molecule has 0 aliphatic carbocycles. The molecule has 0 radical (unpaired) electrons. The molecule has 17 heavy (non-hydrogen) atoms. The van der Waals surface area contributed by atoms with Crippen molar-refractivity contribution >= 4 is 11.8 Å². The van der Waals surface area contributed by atoms with E-state index < -0.39 is 0 Å². The van der Waals surface area contributed by atoms with Gasteiger partial charge in [-0.3, -0.25) is 0 Å². The molecule has 3 nitrogen and oxygen atoms in total. The minimum Gasteiger partial charge on any atom is -0.323 e. The lowest BCUT2D eigenvalue weighted by Gasteiger charge is -2.13. The fraction of sp³-hybridized carbons (Fsp3) is 0.231. The Labute approximate surface area is 105 Å². The van der Waals surface area contributed by atoms with Crippen molar-refractivity contribution in [3.8, 4) is 0 Å². The molecule has 1 unspecified atom stereocenters. The summed E-state index contributed by atoms with van der Waals surface area (Å²) in [5.41, 5.74) is 8.59. The predicted octanol–water partition coefficient (Wildman–Crippen LogP) is 2.58. The molecule has 2 rings (SSSR count). The molecule has 0 amide bonds. The number of rotatable bonds is 4. The zero-order valence-corrected chi connectivity index (χ0v) is 10.5. The highest BCUT2D eigenvalue weighted by Gasteiger charge is 2.09. The van der Waals surface area contributed by atoms with Gasteiger partial charge in [0.05, 0.1) is 0 Å². The Morgan fingerprint density at radius 2 is 1.88 bits per heavy atom. The number of nitrogens with two attached hydrogens (primary N) is 1. The van der Waals surface area contributed by atoms with Crippen LogP contribution in [-0.2, 0) is 0 Å². The maximum absolute atomic E-state index is 6.17. The molecular formula is C13H15N3S. The third kappa shape index (κ3) is 3.28. The highest BCUT2D eigenvalue weighted by atomic mass is 32.2. The molecule has 2 N–H and O–H groups in total. The SMILES string of the molecule is Cc1ccccc1C(N)CSc1ncccn1. The zero-order chi connectivity index (χ0) is 12.1. The Hall–Kier alpha value is -1.39. The van der Waals surface area contributed by atoms with Crippen molar-refractivity contribution in [3.63, 3.8) is 0 Å². The van der Waals surface area contributed by atoms with E-state index in [9.17, 15) is 0 Å². The number of nitrogens with zero attached hydrogens (tertiary/aromatic N) is 2. The summed E-state index contributed by atoms with van der Waals surface area (Å²) in [7, 11) is 0. The van der Waals surface area contributed by atoms with Crippen molar-refractivity contribution in [2.24, 2.45) is 5.73 Å². The van der Waals surface area contributed by atoms with Crippen LogP contribution in [0.5, 0.6) is 0 Å². The summed E-state index contributed by atoms with van der Waals surface area (Å²) in [6, 6.07) is 10.0. The minimum atomic E-state index is 0.0185. The molecule has 1 heterocycles. The molecule has 0 spiro atoms. The molecule has 2 aromatic rings. The normalized spacial score (nSPS) is 12.4. The molecular weight excluding hydrogens is 230 g/mol. The number of thioether (sulfide) groups is 1. The van der Waals surface area contributed by atoms with E-state index in [1.54, 1.807) is 24.2 Å². The molecule has 1 aromatic heterocycles. The number of aryl methyl sites for hydroxylation is 1. The maximum Gasteiger partial charge on any atom is 0.187 e. The predicted molar refractivity (Wildman–Crippen MR) is 70.9 cm³/mol. The average molecular weight is 245 g/mol. The first-order valence-corrected chi connectivity index (χ1v) is 6.47. The summed E-state index contributed by atoms with van der Waals surface area (Å²) < 4.78 is 0. The molecule has 88 valence electrons. The van der Waals surface area contributed by atoms with Crippen LogP contribution in [0.4, 0.5) is 0 Å². The number of hydrogen-bond donors (Lipinski definition) is 1. The largest absolute Gasteiger partial charge is 0.323 e. The van der Waals surface area contributed by atoms with Gasteiger partial charge in [0, 0.05) is 24.2 Å². The Bertz CT molecular complexity index is 473. The van der Waals surface area contributed by atoms with Crippen molar-refractivity contribution in [1.29, 1.82) is 0 Å². The van der Waals surface area contributed by atoms with Crippen molar-refractivity contribution < 1.29 is 0 Å². The summed E-state index contributed by atoms with van der Waals surface area (Å²) in [6.45, 7) is 2.08. The van der Waals surface area contributed by atoms with Crippen molar-refractivity contribution in [3.05, 3.63) is 53.9 Å². The quantitative estimate of drug-likeness (QED) is 0.664. The lowest BCUT2D eigenvalue weighted by molar-refractivity contribution is 0.818. The van der Waals surface area contributed by atoms with Gasteiger partial charge in [-0.15, -0.1) is 0 Å². The Morgan fingerprint density at radius 1 is 1.18 bits per heavy atom. The number of aromatic nitrogens is 2. The van der Waals surface area contributed by atoms with Crippen LogP contribution >= 0.6 is 11.8 Å². The standard InChI is InChI=1S/C13H15N3S/c1-10-5-2-3-6-11(10)12(14)9-17-13-15-7-4-8-16-13/h2-8,12H,9,14H2,1H3. The summed E-state index contributed by atoms with van der Waals surface area (Å²) in [6.07, 6.45) is 3.49. The topological polar surface area (TPSA) is 51.8 Å². The summed E-state index contributed by atoms with van der Waals surface area (Å²) in [4.78, 5) is 8.33. The lowest BCUT2D eigenvalue weighted by Crippen LogP contribution is -2.14. The van der Waals surface area contributed by atoms with Crippen molar-refractivity contribution in [2.45, 2.75) is 18.1 Å². The van der Waals surface area contributed by atoms with Gasteiger partial charge in [-0.1, -0.05) is 36.0 Å². The van der Waals surface area contributed by atoms with Crippen LogP contribution < -0.4 is 5.73 Å². The number of hydrogen-bond acceptors (Lipinski definition) is 4. The first kappa shape index (κ1) is 12.1. The third-order valence-corrected chi connectivity index (χ3v) is 3.52. The Morgan fingerprint density at radius 3 is 2.59 bits per heavy atom. The van der Waals surface area contributed by atoms with Gasteiger partial charge < -0.3 is 5.73 Å². The van der Waals surface area contributed by atoms with E-state index in [1.165, 1.54) is 11.1 Å². The fourth-order valence-corrected chi connectivity index (χ4v) is 2.40. The van der Waals surface area contributed by atoms with Crippen LogP contribution in [0, 0.1) is 6.92 Å². The van der Waals surface area contributed by atoms with E-state index in [-0.39, 0.29) is 6.04 Å². The maximum atomic E-state index is 6.17. The number of benzene rings is 1. The van der Waals surface area contributed by atoms with Crippen molar-refractivity contribution in [1.82, 2.24) is 9.97 Å². The highest BCUT2D eigenvalue weighted by molar-refractivity contribution is 7.99. The summed E-state index contributed by atoms with van der Waals surface area (Å²) in [5, 5.41) is 0.775. The van der Waals surface area contributed by atoms with E-state index in [0.717, 1.165) is 10.9 Å². The van der Waals surface area contributed by atoms with E-state index >= 15 is 0 Å². The van der Waals surface area contributed by atoms with Gasteiger partial charge in [-0.2, -0.15) is 0 Å². The molecule has 0 aliphatic heterocycles. The Balaban J connectivity index is 1.99. The van der Waals surface area contributed by atoms with Crippen LogP contribution in [0.3, 0.4) is 0 Å². The van der Waals surface area contributed by atoms with Gasteiger partial charge in [0.15, 0.2) is 5.16 Å². The van der Waals surface area contributed by atoms with Gasteiger partial charge in [-0.05, 0) is 24.1 Å². The smallest absolute Gasteiger partial charge is 0.187 e. The molecule has 1 aromatic carbocycles. The second-order valence-corrected chi connectivity index (χ2v) is 4.79. The lowest BCUT2D eigenvalue weighted by atomic mass is 10.0. The first-order chi connectivity index (χ1) is 8.27. The van der Waals surface area contributed by atoms with Crippen LogP contribution in [0.15, 0.2) is 47.9 Å². The monoisotopic (exact) mass is 245 g/mol. The van der Waals surface area contributed by atoms with E-state index in [0.29, 0.717) is 0 Å². The molecule has 4 heteroatoms. The highest BCUT2D eigenvalue weighted by Crippen LogP contribution is 2.22. The second-order valence-electron chi connectivity index (χ2n) is 3.81. The average Bonchev–Trinajstić information content (AvgIpc) is 2.38. The minimum absolute atomic E-state index is 0.0185. The fourth-order valence-electron chi connectivity index (χ4n) is 1.62. The van der Waals surface area contributed by atoms with Crippen LogP contribution in [-0.4, -0.2) is 15.7 Å². The van der Waals surface area contributed by atoms with Crippen LogP contribution in [0.25, 0.3) is 0 Å². The molecule has 0 fully saturated rings. The first-order valence-electron chi connectivity index (χ1n) is 5.48. The van der Waals surface area contributed by atoms with E-state index in [4.69, 9.17) is 5.73 Å². The zero-order valence-electron chi connectivity index (χ0n) is 9.71. The molecule has 0 aliphatic rings. The summed E-state index contributed by atoms with van der Waals surface area (Å²) in [5.74, 6) is 0.787. The second kappa shape index (κ2) is 5.80. The van der Waals surface area contributed by atoms with Crippen LogP contribution in [0.2, 0.25) is 0 Å². The van der Waals surface area contributed by atoms with Gasteiger partial charge in [0.1, 0.15) is 0 Å². The van der Waals surface area contributed by atoms with E-state index in [1.807, 2.05) is 18.2 Å². The van der Waals surface area contributed by atoms with Gasteiger partial charge in [-0.25, -0.2) is 9.97 Å². The van der Waals surface area contributed by atoms with Gasteiger partial charge in [0.2, 0.25) is 0 Å². The van der Waals surface area contributed by atoms with Gasteiger partial charge >= 0.3 is 0 Å².